The third-order valence-corrected chi connectivity index (χ3v) is 3.33. The third kappa shape index (κ3) is 13.6. The summed E-state index contributed by atoms with van der Waals surface area (Å²) in [6, 6.07) is 0. The maximum Gasteiger partial charge on any atom is 0.308 e. The lowest BCUT2D eigenvalue weighted by Gasteiger charge is -2.08. The van der Waals surface area contributed by atoms with E-state index < -0.39 is 6.10 Å². The van der Waals surface area contributed by atoms with Gasteiger partial charge in [0.25, 0.3) is 0 Å². The maximum atomic E-state index is 10.9. The fraction of sp³-hybridized carbons (Fsp3) is 0.933. The van der Waals surface area contributed by atoms with E-state index in [4.69, 9.17) is 5.11 Å². The first-order chi connectivity index (χ1) is 9.20. The lowest BCUT2D eigenvalue weighted by Crippen LogP contribution is -2.14. The van der Waals surface area contributed by atoms with E-state index in [1.54, 1.807) is 0 Å². The summed E-state index contributed by atoms with van der Waals surface area (Å²) in [7, 11) is 1.34. The van der Waals surface area contributed by atoms with E-state index in [-0.39, 0.29) is 12.4 Å². The molecular weight excluding hydrogens is 244 g/mol. The topological polar surface area (TPSA) is 66.8 Å². The number of rotatable bonds is 13. The van der Waals surface area contributed by atoms with Gasteiger partial charge in [-0.2, -0.15) is 0 Å². The molecule has 0 aromatic carbocycles. The van der Waals surface area contributed by atoms with Gasteiger partial charge in [-0.15, -0.1) is 0 Å². The van der Waals surface area contributed by atoms with Crippen LogP contribution in [0.1, 0.15) is 70.6 Å². The Morgan fingerprint density at radius 1 is 0.947 bits per heavy atom. The summed E-state index contributed by atoms with van der Waals surface area (Å²) in [6.45, 7) is 0.313. The molecule has 0 heterocycles. The Labute approximate surface area is 117 Å². The zero-order chi connectivity index (χ0) is 14.3. The summed E-state index contributed by atoms with van der Waals surface area (Å²) in [5, 5.41) is 18.2. The fourth-order valence-corrected chi connectivity index (χ4v) is 2.11. The third-order valence-electron chi connectivity index (χ3n) is 3.33. The zero-order valence-corrected chi connectivity index (χ0v) is 12.3. The van der Waals surface area contributed by atoms with E-state index in [0.717, 1.165) is 25.7 Å². The number of carbonyl (C=O) groups excluding carboxylic acids is 1. The van der Waals surface area contributed by atoms with Gasteiger partial charge in [0.15, 0.2) is 0 Å². The van der Waals surface area contributed by atoms with Crippen LogP contribution in [0.4, 0.5) is 0 Å². The Morgan fingerprint density at radius 3 is 1.89 bits per heavy atom. The molecular formula is C15H30O4. The van der Waals surface area contributed by atoms with Crippen LogP contribution in [0.15, 0.2) is 0 Å². The molecule has 0 aromatic rings. The van der Waals surface area contributed by atoms with Crippen molar-refractivity contribution in [3.05, 3.63) is 0 Å². The van der Waals surface area contributed by atoms with Crippen molar-refractivity contribution in [1.82, 2.24) is 0 Å². The molecule has 0 fully saturated rings. The van der Waals surface area contributed by atoms with Crippen LogP contribution in [-0.4, -0.2) is 36.0 Å². The maximum absolute atomic E-state index is 10.9. The molecule has 0 amide bonds. The van der Waals surface area contributed by atoms with Crippen molar-refractivity contribution in [2.24, 2.45) is 0 Å². The Kier molecular flexibility index (Phi) is 13.4. The number of hydrogen-bond donors (Lipinski definition) is 2. The quantitative estimate of drug-likeness (QED) is 0.400. The summed E-state index contributed by atoms with van der Waals surface area (Å²) in [4.78, 5) is 10.9. The van der Waals surface area contributed by atoms with Crippen molar-refractivity contribution < 1.29 is 19.7 Å². The average molecular weight is 274 g/mol. The van der Waals surface area contributed by atoms with E-state index in [1.807, 2.05) is 0 Å². The molecule has 4 heteroatoms. The van der Waals surface area contributed by atoms with Gasteiger partial charge in [-0.1, -0.05) is 51.4 Å². The average Bonchev–Trinajstić information content (AvgIpc) is 2.40. The van der Waals surface area contributed by atoms with E-state index in [1.165, 1.54) is 39.2 Å². The van der Waals surface area contributed by atoms with Gasteiger partial charge in [0.1, 0.15) is 0 Å². The number of methoxy groups -OCH3 is 1. The Hall–Kier alpha value is -0.610. The highest BCUT2D eigenvalue weighted by Crippen LogP contribution is 2.12. The Bertz CT molecular complexity index is 206. The molecule has 0 aliphatic heterocycles. The number of aliphatic hydroxyl groups is 2. The highest BCUT2D eigenvalue weighted by atomic mass is 16.5. The van der Waals surface area contributed by atoms with Gasteiger partial charge in [0.05, 0.1) is 19.6 Å². The van der Waals surface area contributed by atoms with Gasteiger partial charge in [0, 0.05) is 6.61 Å². The minimum Gasteiger partial charge on any atom is -0.469 e. The largest absolute Gasteiger partial charge is 0.469 e. The highest BCUT2D eigenvalue weighted by molar-refractivity contribution is 5.69. The lowest BCUT2D eigenvalue weighted by molar-refractivity contribution is -0.142. The van der Waals surface area contributed by atoms with Crippen LogP contribution in [0.5, 0.6) is 0 Å². The van der Waals surface area contributed by atoms with Crippen LogP contribution in [-0.2, 0) is 9.53 Å². The van der Waals surface area contributed by atoms with E-state index >= 15 is 0 Å². The first-order valence-electron chi connectivity index (χ1n) is 7.56. The summed E-state index contributed by atoms with van der Waals surface area (Å²) < 4.78 is 4.51. The molecule has 0 rings (SSSR count). The SMILES string of the molecule is COC(=O)CC(O)CCCCCCCCCCCO. The number of carbonyl (C=O) groups is 1. The van der Waals surface area contributed by atoms with E-state index in [9.17, 15) is 9.90 Å². The summed E-state index contributed by atoms with van der Waals surface area (Å²) in [6.07, 6.45) is 10.6. The molecule has 0 aliphatic rings. The van der Waals surface area contributed by atoms with Crippen molar-refractivity contribution in [2.45, 2.75) is 76.7 Å². The second-order valence-corrected chi connectivity index (χ2v) is 5.13. The van der Waals surface area contributed by atoms with E-state index in [2.05, 4.69) is 4.74 Å². The van der Waals surface area contributed by atoms with Gasteiger partial charge < -0.3 is 14.9 Å². The molecule has 0 bridgehead atoms. The molecule has 2 N–H and O–H groups in total. The molecule has 0 spiro atoms. The molecule has 0 saturated heterocycles. The molecule has 1 unspecified atom stereocenters. The minimum absolute atomic E-state index is 0.112. The molecule has 114 valence electrons. The predicted octanol–water partition coefficient (Wildman–Crippen LogP) is 2.80. The highest BCUT2D eigenvalue weighted by Gasteiger charge is 2.09. The minimum atomic E-state index is -0.550. The smallest absolute Gasteiger partial charge is 0.308 e. The zero-order valence-electron chi connectivity index (χ0n) is 12.3. The number of hydrogen-bond acceptors (Lipinski definition) is 4. The summed E-state index contributed by atoms with van der Waals surface area (Å²) in [5.41, 5.74) is 0. The second kappa shape index (κ2) is 13.8. The van der Waals surface area contributed by atoms with Crippen LogP contribution in [0, 0.1) is 0 Å². The summed E-state index contributed by atoms with van der Waals surface area (Å²) >= 11 is 0. The molecule has 0 saturated carbocycles. The predicted molar refractivity (Wildman–Crippen MR) is 75.9 cm³/mol. The van der Waals surface area contributed by atoms with Crippen LogP contribution in [0.2, 0.25) is 0 Å². The number of ether oxygens (including phenoxy) is 1. The normalized spacial score (nSPS) is 12.4. The second-order valence-electron chi connectivity index (χ2n) is 5.13. The first-order valence-corrected chi connectivity index (χ1v) is 7.56. The molecule has 19 heavy (non-hydrogen) atoms. The van der Waals surface area contributed by atoms with Crippen LogP contribution < -0.4 is 0 Å². The van der Waals surface area contributed by atoms with Crippen LogP contribution in [0.25, 0.3) is 0 Å². The van der Waals surface area contributed by atoms with E-state index in [0.29, 0.717) is 13.0 Å². The molecule has 0 radical (unpaired) electrons. The monoisotopic (exact) mass is 274 g/mol. The van der Waals surface area contributed by atoms with Crippen LogP contribution in [0.3, 0.4) is 0 Å². The summed E-state index contributed by atoms with van der Waals surface area (Å²) in [5.74, 6) is -0.338. The number of unbranched alkanes of at least 4 members (excludes halogenated alkanes) is 8. The van der Waals surface area contributed by atoms with Gasteiger partial charge in [-0.05, 0) is 12.8 Å². The lowest BCUT2D eigenvalue weighted by atomic mass is 10.0. The molecule has 0 aliphatic carbocycles. The molecule has 0 aromatic heterocycles. The van der Waals surface area contributed by atoms with Crippen molar-refractivity contribution in [3.63, 3.8) is 0 Å². The number of esters is 1. The van der Waals surface area contributed by atoms with Gasteiger partial charge >= 0.3 is 5.97 Å². The van der Waals surface area contributed by atoms with Gasteiger partial charge in [-0.25, -0.2) is 0 Å². The van der Waals surface area contributed by atoms with Crippen molar-refractivity contribution >= 4 is 5.97 Å². The van der Waals surface area contributed by atoms with Gasteiger partial charge in [0.2, 0.25) is 0 Å². The van der Waals surface area contributed by atoms with Crippen molar-refractivity contribution in [3.8, 4) is 0 Å². The van der Waals surface area contributed by atoms with Crippen molar-refractivity contribution in [1.29, 1.82) is 0 Å². The fourth-order valence-electron chi connectivity index (χ4n) is 2.11. The Balaban J connectivity index is 3.16. The Morgan fingerprint density at radius 2 is 1.42 bits per heavy atom. The number of aliphatic hydroxyl groups excluding tert-OH is 2. The molecule has 4 nitrogen and oxygen atoms in total. The molecule has 1 atom stereocenters. The standard InChI is InChI=1S/C15H30O4/c1-19-15(18)13-14(17)11-9-7-5-3-2-4-6-8-10-12-16/h14,16-17H,2-13H2,1H3. The van der Waals surface area contributed by atoms with Crippen molar-refractivity contribution in [2.75, 3.05) is 13.7 Å². The van der Waals surface area contributed by atoms with Crippen LogP contribution >= 0.6 is 0 Å². The van der Waals surface area contributed by atoms with Gasteiger partial charge in [-0.3, -0.25) is 4.79 Å². The first kappa shape index (κ1) is 18.4.